The van der Waals surface area contributed by atoms with E-state index in [2.05, 4.69) is 0 Å². The van der Waals surface area contributed by atoms with Gasteiger partial charge in [0.15, 0.2) is 52.3 Å². The minimum atomic E-state index is -2.01. The fourth-order valence-electron chi connectivity index (χ4n) is 6.04. The van der Waals surface area contributed by atoms with Crippen LogP contribution in [0.25, 0.3) is 28.7 Å². The van der Waals surface area contributed by atoms with E-state index in [9.17, 15) is 60.7 Å². The van der Waals surface area contributed by atoms with Crippen LogP contribution in [-0.2, 0) is 23.7 Å². The van der Waals surface area contributed by atoms with Crippen LogP contribution in [0.4, 0.5) is 0 Å². The molecule has 19 nitrogen and oxygen atoms in total. The number of rotatable bonds is 11. The van der Waals surface area contributed by atoms with E-state index in [1.54, 1.807) is 0 Å². The first-order valence-electron chi connectivity index (χ1n) is 16.9. The number of benzene rings is 3. The SMILES string of the molecule is COc1cc(-c2oc3cc(=O)cc(O)c-3cc2O[C@@H]2O[C@H](CO)[C@@H](O)[C@H](O)[C@H]2O[C@@H]2O[C@H](COC(=O)C=Cc3ccc(O)c(O)c3)[C@@H](O)[C@H](O)[C@H]2O)ccc1O. The number of esters is 1. The van der Waals surface area contributed by atoms with E-state index >= 15 is 0 Å². The molecule has 1 aliphatic carbocycles. The van der Waals surface area contributed by atoms with Crippen LogP contribution in [-0.4, -0.2) is 139 Å². The van der Waals surface area contributed by atoms with E-state index in [-0.39, 0.29) is 45.6 Å². The number of methoxy groups -OCH3 is 1. The predicted octanol–water partition coefficient (Wildman–Crippen LogP) is -0.490. The van der Waals surface area contributed by atoms with Crippen LogP contribution in [0.2, 0.25) is 0 Å². The number of phenolic OH excluding ortho intramolecular Hbond substituents is 4. The molecule has 10 N–H and O–H groups in total. The van der Waals surface area contributed by atoms with Gasteiger partial charge in [-0.3, -0.25) is 4.79 Å². The Morgan fingerprint density at radius 2 is 1.46 bits per heavy atom. The van der Waals surface area contributed by atoms with Crippen molar-refractivity contribution in [1.29, 1.82) is 0 Å². The van der Waals surface area contributed by atoms with Crippen LogP contribution in [0.5, 0.6) is 34.5 Å². The molecule has 2 aromatic carbocycles. The Morgan fingerprint density at radius 3 is 2.18 bits per heavy atom. The molecule has 4 aliphatic rings. The number of phenols is 4. The maximum atomic E-state index is 12.4. The van der Waals surface area contributed by atoms with E-state index < -0.39 is 97.5 Å². The lowest BCUT2D eigenvalue weighted by atomic mass is 9.97. The molecule has 0 bridgehead atoms. The molecule has 0 spiro atoms. The molecule has 6 rings (SSSR count). The van der Waals surface area contributed by atoms with Crippen molar-refractivity contribution in [2.45, 2.75) is 61.4 Å². The minimum Gasteiger partial charge on any atom is -0.507 e. The Balaban J connectivity index is 1.28. The van der Waals surface area contributed by atoms with Gasteiger partial charge in [0.25, 0.3) is 0 Å². The van der Waals surface area contributed by atoms with Gasteiger partial charge in [-0.25, -0.2) is 4.79 Å². The average Bonchev–Trinajstić information content (AvgIpc) is 3.17. The second-order valence-electron chi connectivity index (χ2n) is 12.8. The highest BCUT2D eigenvalue weighted by atomic mass is 16.8. The Morgan fingerprint density at radius 1 is 0.750 bits per heavy atom. The van der Waals surface area contributed by atoms with Gasteiger partial charge in [-0.1, -0.05) is 6.07 Å². The lowest BCUT2D eigenvalue weighted by Gasteiger charge is -2.46. The van der Waals surface area contributed by atoms with Crippen molar-refractivity contribution < 1.29 is 88.7 Å². The van der Waals surface area contributed by atoms with Gasteiger partial charge in [0.2, 0.25) is 6.29 Å². The highest BCUT2D eigenvalue weighted by Gasteiger charge is 2.52. The third kappa shape index (κ3) is 8.35. The zero-order valence-corrected chi connectivity index (χ0v) is 29.2. The minimum absolute atomic E-state index is 0.0104. The number of ether oxygens (including phenoxy) is 6. The summed E-state index contributed by atoms with van der Waals surface area (Å²) in [4.78, 5) is 24.7. The van der Waals surface area contributed by atoms with Crippen molar-refractivity contribution in [3.8, 4) is 57.1 Å². The molecule has 0 amide bonds. The molecule has 3 heterocycles. The summed E-state index contributed by atoms with van der Waals surface area (Å²) in [6, 6.07) is 11.1. The first-order chi connectivity index (χ1) is 26.7. The van der Waals surface area contributed by atoms with Crippen LogP contribution in [0.1, 0.15) is 5.56 Å². The number of aliphatic hydroxyl groups excluding tert-OH is 6. The molecule has 2 aromatic rings. The number of hydrogen-bond acceptors (Lipinski definition) is 19. The predicted molar refractivity (Wildman–Crippen MR) is 187 cm³/mol. The Labute approximate surface area is 315 Å². The van der Waals surface area contributed by atoms with E-state index in [4.69, 9.17) is 32.8 Å². The van der Waals surface area contributed by atoms with Crippen LogP contribution in [0.15, 0.2) is 69.9 Å². The summed E-state index contributed by atoms with van der Waals surface area (Å²) in [6.07, 6.45) is -15.9. The standard InChI is InChI=1S/C37H38O19/c1-50-24-9-16(4-6-20(24)41)34-25(12-18-21(42)10-17(39)11-23(18)52-34)53-37-35(32(48)29(45)26(13-38)54-37)56-36-33(49)31(47)30(46)27(55-36)14-51-28(44)7-3-15-2-5-19(40)22(43)8-15/h2-12,26-27,29-33,35-38,40-43,45-49H,13-14H2,1H3/t26-,27-,29-,30-,31+,32+,33-,35-,36+,37-/m1/s1. The number of carbonyl (C=O) groups excluding carboxylic acids is 1. The number of aliphatic hydroxyl groups is 6. The number of hydrogen-bond donors (Lipinski definition) is 10. The van der Waals surface area contributed by atoms with Crippen molar-refractivity contribution in [3.63, 3.8) is 0 Å². The monoisotopic (exact) mass is 786 g/mol. The number of fused-ring (bicyclic) bond motifs is 1. The smallest absolute Gasteiger partial charge is 0.330 e. The summed E-state index contributed by atoms with van der Waals surface area (Å²) < 4.78 is 39.8. The molecule has 2 fully saturated rings. The Hall–Kier alpha value is -5.48. The van der Waals surface area contributed by atoms with Crippen molar-refractivity contribution in [1.82, 2.24) is 0 Å². The van der Waals surface area contributed by atoms with Gasteiger partial charge < -0.3 is 83.9 Å². The normalized spacial score (nSPS) is 28.0. The van der Waals surface area contributed by atoms with Crippen LogP contribution < -0.4 is 14.9 Å². The van der Waals surface area contributed by atoms with E-state index in [0.717, 1.165) is 18.2 Å². The summed E-state index contributed by atoms with van der Waals surface area (Å²) in [5.41, 5.74) is -0.0731. The molecule has 19 heteroatoms. The van der Waals surface area contributed by atoms with Crippen molar-refractivity contribution in [2.75, 3.05) is 20.3 Å². The van der Waals surface area contributed by atoms with Crippen molar-refractivity contribution in [3.05, 3.63) is 76.5 Å². The van der Waals surface area contributed by atoms with Gasteiger partial charge in [-0.15, -0.1) is 0 Å². The summed E-state index contributed by atoms with van der Waals surface area (Å²) in [7, 11) is 1.30. The van der Waals surface area contributed by atoms with Crippen LogP contribution >= 0.6 is 0 Å². The second-order valence-corrected chi connectivity index (χ2v) is 12.8. The Kier molecular flexibility index (Phi) is 12.0. The van der Waals surface area contributed by atoms with Crippen LogP contribution in [0, 0.1) is 0 Å². The molecular formula is C37H38O19. The van der Waals surface area contributed by atoms with Crippen molar-refractivity contribution in [2.24, 2.45) is 0 Å². The molecule has 0 unspecified atom stereocenters. The quantitative estimate of drug-likeness (QED) is 0.0521. The summed E-state index contributed by atoms with van der Waals surface area (Å²) >= 11 is 0. The largest absolute Gasteiger partial charge is 0.507 e. The summed E-state index contributed by atoms with van der Waals surface area (Å²) in [5, 5.41) is 104. The Bertz CT molecular complexity index is 2080. The zero-order chi connectivity index (χ0) is 40.4. The summed E-state index contributed by atoms with van der Waals surface area (Å²) in [5.74, 6) is -2.92. The van der Waals surface area contributed by atoms with Gasteiger partial charge in [0.05, 0.1) is 19.3 Å². The number of carbonyl (C=O) groups is 1. The molecule has 300 valence electrons. The van der Waals surface area contributed by atoms with Gasteiger partial charge in [0.1, 0.15) is 60.8 Å². The molecule has 56 heavy (non-hydrogen) atoms. The van der Waals surface area contributed by atoms with E-state index in [1.165, 1.54) is 55.7 Å². The lowest BCUT2D eigenvalue weighted by Crippen LogP contribution is -2.65. The van der Waals surface area contributed by atoms with Gasteiger partial charge >= 0.3 is 5.97 Å². The molecule has 2 saturated heterocycles. The molecule has 3 aliphatic heterocycles. The molecule has 0 radical (unpaired) electrons. The number of aromatic hydroxyl groups is 4. The molecule has 0 aromatic heterocycles. The maximum Gasteiger partial charge on any atom is 0.330 e. The maximum absolute atomic E-state index is 12.4. The second kappa shape index (κ2) is 16.7. The van der Waals surface area contributed by atoms with Gasteiger partial charge in [-0.2, -0.15) is 0 Å². The highest BCUT2D eigenvalue weighted by molar-refractivity contribution is 5.87. The third-order valence-corrected chi connectivity index (χ3v) is 9.08. The fraction of sp³-hybridized carbons (Fsp3) is 0.351. The molecule has 10 atom stereocenters. The first kappa shape index (κ1) is 40.2. The highest BCUT2D eigenvalue weighted by Crippen LogP contribution is 2.43. The van der Waals surface area contributed by atoms with Crippen LogP contribution in [0.3, 0.4) is 0 Å². The topological polar surface area (TPSA) is 305 Å². The fourth-order valence-corrected chi connectivity index (χ4v) is 6.04. The zero-order valence-electron chi connectivity index (χ0n) is 29.2. The van der Waals surface area contributed by atoms with Gasteiger partial charge in [-0.05, 0) is 48.0 Å². The average molecular weight is 787 g/mol. The first-order valence-corrected chi connectivity index (χ1v) is 16.9. The lowest BCUT2D eigenvalue weighted by molar-refractivity contribution is -0.358. The summed E-state index contributed by atoms with van der Waals surface area (Å²) in [6.45, 7) is -1.52. The van der Waals surface area contributed by atoms with E-state index in [1.807, 2.05) is 0 Å². The third-order valence-electron chi connectivity index (χ3n) is 9.08. The molecular weight excluding hydrogens is 748 g/mol. The van der Waals surface area contributed by atoms with Crippen molar-refractivity contribution >= 4 is 12.0 Å². The van der Waals surface area contributed by atoms with Gasteiger partial charge in [0, 0.05) is 23.8 Å². The molecule has 0 saturated carbocycles. The van der Waals surface area contributed by atoms with E-state index in [0.29, 0.717) is 5.56 Å².